The minimum atomic E-state index is -0.575. The Kier molecular flexibility index (Phi) is 5.91. The van der Waals surface area contributed by atoms with Crippen molar-refractivity contribution in [2.24, 2.45) is 5.73 Å². The molecule has 0 saturated carbocycles. The predicted octanol–water partition coefficient (Wildman–Crippen LogP) is 1.61. The first kappa shape index (κ1) is 16.4. The van der Waals surface area contributed by atoms with E-state index in [-0.39, 0.29) is 24.8 Å². The van der Waals surface area contributed by atoms with Crippen molar-refractivity contribution in [3.8, 4) is 0 Å². The van der Waals surface area contributed by atoms with Gasteiger partial charge in [-0.05, 0) is 32.0 Å². The number of nitrogens with one attached hydrogen (secondary N) is 1. The van der Waals surface area contributed by atoms with Crippen LogP contribution in [0.25, 0.3) is 0 Å². The monoisotopic (exact) mass is 301 g/mol. The second-order valence-corrected chi connectivity index (χ2v) is 5.07. The highest BCUT2D eigenvalue weighted by molar-refractivity contribution is 6.30. The smallest absolute Gasteiger partial charge is 0.238 e. The molecule has 0 aliphatic heterocycles. The Morgan fingerprint density at radius 2 is 2.05 bits per heavy atom. The Morgan fingerprint density at radius 3 is 2.60 bits per heavy atom. The molecule has 0 bridgehead atoms. The lowest BCUT2D eigenvalue weighted by molar-refractivity contribution is -0.121. The van der Waals surface area contributed by atoms with Gasteiger partial charge in [-0.25, -0.2) is 4.39 Å². The highest BCUT2D eigenvalue weighted by Gasteiger charge is 2.17. The lowest BCUT2D eigenvalue weighted by Crippen LogP contribution is -2.43. The van der Waals surface area contributed by atoms with Crippen LogP contribution in [0, 0.1) is 5.82 Å². The van der Waals surface area contributed by atoms with E-state index in [0.717, 1.165) is 0 Å². The fourth-order valence-corrected chi connectivity index (χ4v) is 1.76. The molecule has 7 heteroatoms. The number of nitrogens with zero attached hydrogens (tertiary/aromatic N) is 1. The maximum atomic E-state index is 13.5. The van der Waals surface area contributed by atoms with Crippen LogP contribution < -0.4 is 11.1 Å². The third-order valence-electron chi connectivity index (χ3n) is 2.64. The normalized spacial score (nSPS) is 10.9. The Hall–Kier alpha value is -1.66. The molecule has 0 heterocycles. The van der Waals surface area contributed by atoms with Crippen LogP contribution in [0.3, 0.4) is 0 Å². The van der Waals surface area contributed by atoms with Crippen molar-refractivity contribution in [3.63, 3.8) is 0 Å². The summed E-state index contributed by atoms with van der Waals surface area (Å²) in [6.07, 6.45) is 0. The van der Waals surface area contributed by atoms with Crippen LogP contribution in [-0.4, -0.2) is 35.8 Å². The van der Waals surface area contributed by atoms with E-state index in [1.807, 2.05) is 13.8 Å². The van der Waals surface area contributed by atoms with Gasteiger partial charge in [-0.3, -0.25) is 14.5 Å². The summed E-state index contributed by atoms with van der Waals surface area (Å²) >= 11 is 5.74. The molecule has 0 fully saturated rings. The predicted molar refractivity (Wildman–Crippen MR) is 75.9 cm³/mol. The van der Waals surface area contributed by atoms with E-state index in [0.29, 0.717) is 5.02 Å². The van der Waals surface area contributed by atoms with Crippen molar-refractivity contribution >= 4 is 29.1 Å². The zero-order chi connectivity index (χ0) is 15.3. The summed E-state index contributed by atoms with van der Waals surface area (Å²) in [4.78, 5) is 24.4. The van der Waals surface area contributed by atoms with Crippen LogP contribution in [0.5, 0.6) is 0 Å². The standard InChI is InChI=1S/C13H17ClFN3O2/c1-8(2)18(6-12(16)19)7-13(20)17-11-5-9(14)3-4-10(11)15/h3-5,8H,6-7H2,1-2H3,(H2,16,19)(H,17,20). The van der Waals surface area contributed by atoms with Gasteiger partial charge in [-0.1, -0.05) is 11.6 Å². The van der Waals surface area contributed by atoms with Gasteiger partial charge < -0.3 is 11.1 Å². The molecule has 0 saturated heterocycles. The van der Waals surface area contributed by atoms with Crippen molar-refractivity contribution in [1.82, 2.24) is 4.90 Å². The number of anilines is 1. The Morgan fingerprint density at radius 1 is 1.40 bits per heavy atom. The average molecular weight is 302 g/mol. The molecule has 0 unspecified atom stereocenters. The van der Waals surface area contributed by atoms with E-state index < -0.39 is 17.6 Å². The van der Waals surface area contributed by atoms with Crippen molar-refractivity contribution < 1.29 is 14.0 Å². The first-order valence-electron chi connectivity index (χ1n) is 6.07. The molecule has 20 heavy (non-hydrogen) atoms. The number of rotatable bonds is 6. The molecule has 0 atom stereocenters. The number of amides is 2. The van der Waals surface area contributed by atoms with Gasteiger partial charge in [0.05, 0.1) is 18.8 Å². The molecule has 0 radical (unpaired) electrons. The van der Waals surface area contributed by atoms with E-state index in [1.165, 1.54) is 18.2 Å². The van der Waals surface area contributed by atoms with Crippen LogP contribution in [0.2, 0.25) is 5.02 Å². The Labute approximate surface area is 121 Å². The first-order valence-corrected chi connectivity index (χ1v) is 6.44. The summed E-state index contributed by atoms with van der Waals surface area (Å²) in [7, 11) is 0. The van der Waals surface area contributed by atoms with Crippen molar-refractivity contribution in [2.45, 2.75) is 19.9 Å². The maximum absolute atomic E-state index is 13.5. The van der Waals surface area contributed by atoms with Crippen LogP contribution in [0.15, 0.2) is 18.2 Å². The number of nitrogens with two attached hydrogens (primary N) is 1. The topological polar surface area (TPSA) is 75.4 Å². The van der Waals surface area contributed by atoms with Gasteiger partial charge in [0.15, 0.2) is 0 Å². The second kappa shape index (κ2) is 7.21. The second-order valence-electron chi connectivity index (χ2n) is 4.64. The summed E-state index contributed by atoms with van der Waals surface area (Å²) in [5.74, 6) is -1.55. The van der Waals surface area contributed by atoms with E-state index >= 15 is 0 Å². The quantitative estimate of drug-likeness (QED) is 0.838. The molecule has 0 aliphatic carbocycles. The molecule has 5 nitrogen and oxygen atoms in total. The zero-order valence-corrected chi connectivity index (χ0v) is 12.1. The third kappa shape index (κ3) is 5.14. The van der Waals surface area contributed by atoms with Gasteiger partial charge in [0.25, 0.3) is 0 Å². The molecule has 3 N–H and O–H groups in total. The molecular formula is C13H17ClFN3O2. The summed E-state index contributed by atoms with van der Waals surface area (Å²) in [6.45, 7) is 3.56. The SMILES string of the molecule is CC(C)N(CC(N)=O)CC(=O)Nc1cc(Cl)ccc1F. The Balaban J connectivity index is 2.70. The van der Waals surface area contributed by atoms with Gasteiger partial charge in [-0.15, -0.1) is 0 Å². The van der Waals surface area contributed by atoms with Crippen molar-refractivity contribution in [2.75, 3.05) is 18.4 Å². The molecule has 1 aromatic rings. The maximum Gasteiger partial charge on any atom is 0.238 e. The van der Waals surface area contributed by atoms with Crippen molar-refractivity contribution in [1.29, 1.82) is 0 Å². The van der Waals surface area contributed by atoms with Gasteiger partial charge in [0.1, 0.15) is 5.82 Å². The zero-order valence-electron chi connectivity index (χ0n) is 11.3. The highest BCUT2D eigenvalue weighted by Crippen LogP contribution is 2.19. The number of benzene rings is 1. The fraction of sp³-hybridized carbons (Fsp3) is 0.385. The van der Waals surface area contributed by atoms with Crippen LogP contribution >= 0.6 is 11.6 Å². The minimum Gasteiger partial charge on any atom is -0.369 e. The van der Waals surface area contributed by atoms with Crippen LogP contribution in [0.4, 0.5) is 10.1 Å². The van der Waals surface area contributed by atoms with Crippen LogP contribution in [-0.2, 0) is 9.59 Å². The summed E-state index contributed by atoms with van der Waals surface area (Å²) in [5, 5.41) is 2.74. The molecular weight excluding hydrogens is 285 g/mol. The summed E-state index contributed by atoms with van der Waals surface area (Å²) in [5.41, 5.74) is 5.12. The van der Waals surface area contributed by atoms with Gasteiger partial charge in [-0.2, -0.15) is 0 Å². The number of halogens is 2. The van der Waals surface area contributed by atoms with E-state index in [2.05, 4.69) is 5.32 Å². The van der Waals surface area contributed by atoms with E-state index in [1.54, 1.807) is 4.90 Å². The van der Waals surface area contributed by atoms with Crippen LogP contribution in [0.1, 0.15) is 13.8 Å². The lowest BCUT2D eigenvalue weighted by Gasteiger charge is -2.24. The number of carbonyl (C=O) groups excluding carboxylic acids is 2. The number of primary amides is 1. The fourth-order valence-electron chi connectivity index (χ4n) is 1.59. The average Bonchev–Trinajstić information content (AvgIpc) is 2.32. The molecule has 1 aromatic carbocycles. The molecule has 2 amide bonds. The molecule has 0 aliphatic rings. The van der Waals surface area contributed by atoms with Gasteiger partial charge >= 0.3 is 0 Å². The summed E-state index contributed by atoms with van der Waals surface area (Å²) < 4.78 is 13.5. The number of hydrogen-bond donors (Lipinski definition) is 2. The largest absolute Gasteiger partial charge is 0.369 e. The lowest BCUT2D eigenvalue weighted by atomic mass is 10.2. The highest BCUT2D eigenvalue weighted by atomic mass is 35.5. The first-order chi connectivity index (χ1) is 9.29. The van der Waals surface area contributed by atoms with Gasteiger partial charge in [0.2, 0.25) is 11.8 Å². The number of carbonyl (C=O) groups is 2. The van der Waals surface area contributed by atoms with E-state index in [9.17, 15) is 14.0 Å². The minimum absolute atomic E-state index is 0.00489. The molecule has 0 spiro atoms. The van der Waals surface area contributed by atoms with E-state index in [4.69, 9.17) is 17.3 Å². The Bertz CT molecular complexity index is 508. The third-order valence-corrected chi connectivity index (χ3v) is 2.87. The number of hydrogen-bond acceptors (Lipinski definition) is 3. The molecule has 1 rings (SSSR count). The molecule has 110 valence electrons. The molecule has 0 aromatic heterocycles. The van der Waals surface area contributed by atoms with Gasteiger partial charge in [0, 0.05) is 11.1 Å². The van der Waals surface area contributed by atoms with Crippen molar-refractivity contribution in [3.05, 3.63) is 29.0 Å². The summed E-state index contributed by atoms with van der Waals surface area (Å²) in [6, 6.07) is 3.84.